The first-order valence-electron chi connectivity index (χ1n) is 11.9. The number of esters is 1. The molecule has 3 aromatic rings. The normalized spacial score (nSPS) is 27.6. The molecule has 0 atom stereocenters. The fourth-order valence-corrected chi connectivity index (χ4v) is 7.46. The van der Waals surface area contributed by atoms with Gasteiger partial charge in [-0.3, -0.25) is 0 Å². The standard InChI is InChI=1S/C29H28O4/c1-33-28(32)24-5-4-20-11-21(2-3-22(20)12-24)23-6-7-25(27(30)31)26(13-23)29-14-17-8-18(15-29)10-19(9-17)16-29/h2-7,11-13,17-19H,8-10,14-16H2,1H3,(H,30,31). The lowest BCUT2D eigenvalue weighted by atomic mass is 9.47. The van der Waals surface area contributed by atoms with Crippen molar-refractivity contribution in [2.75, 3.05) is 7.11 Å². The molecule has 0 heterocycles. The van der Waals surface area contributed by atoms with E-state index in [0.29, 0.717) is 11.1 Å². The van der Waals surface area contributed by atoms with Gasteiger partial charge in [0.05, 0.1) is 18.2 Å². The van der Waals surface area contributed by atoms with Crippen LogP contribution in [0.5, 0.6) is 0 Å². The van der Waals surface area contributed by atoms with E-state index in [4.69, 9.17) is 4.74 Å². The summed E-state index contributed by atoms with van der Waals surface area (Å²) in [4.78, 5) is 24.1. The molecule has 4 nitrogen and oxygen atoms in total. The first-order chi connectivity index (χ1) is 15.9. The van der Waals surface area contributed by atoms with E-state index >= 15 is 0 Å². The minimum Gasteiger partial charge on any atom is -0.478 e. The topological polar surface area (TPSA) is 63.6 Å². The molecule has 0 amide bonds. The largest absolute Gasteiger partial charge is 0.478 e. The van der Waals surface area contributed by atoms with E-state index in [0.717, 1.165) is 64.5 Å². The number of benzene rings is 3. The van der Waals surface area contributed by atoms with Crippen molar-refractivity contribution in [2.45, 2.75) is 43.9 Å². The fourth-order valence-electron chi connectivity index (χ4n) is 7.46. The number of hydrogen-bond donors (Lipinski definition) is 1. The summed E-state index contributed by atoms with van der Waals surface area (Å²) < 4.78 is 4.84. The molecule has 7 rings (SSSR count). The van der Waals surface area contributed by atoms with Gasteiger partial charge in [0.25, 0.3) is 0 Å². The van der Waals surface area contributed by atoms with Crippen molar-refractivity contribution in [1.29, 1.82) is 0 Å². The van der Waals surface area contributed by atoms with Gasteiger partial charge in [-0.05, 0) is 119 Å². The zero-order valence-electron chi connectivity index (χ0n) is 18.8. The highest BCUT2D eigenvalue weighted by Crippen LogP contribution is 2.61. The second-order valence-electron chi connectivity index (χ2n) is 10.5. The molecule has 4 heteroatoms. The van der Waals surface area contributed by atoms with Gasteiger partial charge in [0.15, 0.2) is 0 Å². The third-order valence-corrected chi connectivity index (χ3v) is 8.45. The van der Waals surface area contributed by atoms with Crippen molar-refractivity contribution >= 4 is 22.7 Å². The van der Waals surface area contributed by atoms with Crippen LogP contribution in [-0.2, 0) is 10.2 Å². The highest BCUT2D eigenvalue weighted by molar-refractivity contribution is 5.97. The Balaban J connectivity index is 1.43. The van der Waals surface area contributed by atoms with E-state index in [9.17, 15) is 14.7 Å². The molecule has 0 unspecified atom stereocenters. The van der Waals surface area contributed by atoms with Gasteiger partial charge in [-0.15, -0.1) is 0 Å². The van der Waals surface area contributed by atoms with Crippen molar-refractivity contribution in [1.82, 2.24) is 0 Å². The zero-order valence-corrected chi connectivity index (χ0v) is 18.8. The Morgan fingerprint density at radius 1 is 0.818 bits per heavy atom. The minimum absolute atomic E-state index is 0.0186. The first-order valence-corrected chi connectivity index (χ1v) is 11.9. The molecule has 4 aliphatic carbocycles. The molecule has 168 valence electrons. The average Bonchev–Trinajstić information content (AvgIpc) is 2.81. The Hall–Kier alpha value is -3.14. The molecule has 4 saturated carbocycles. The van der Waals surface area contributed by atoms with Crippen molar-refractivity contribution < 1.29 is 19.4 Å². The van der Waals surface area contributed by atoms with E-state index in [-0.39, 0.29) is 11.4 Å². The number of hydrogen-bond acceptors (Lipinski definition) is 3. The van der Waals surface area contributed by atoms with Crippen LogP contribution in [0, 0.1) is 17.8 Å². The van der Waals surface area contributed by atoms with Crippen molar-refractivity contribution in [2.24, 2.45) is 17.8 Å². The summed E-state index contributed by atoms with van der Waals surface area (Å²) in [6.45, 7) is 0. The smallest absolute Gasteiger partial charge is 0.337 e. The van der Waals surface area contributed by atoms with Crippen molar-refractivity contribution in [3.05, 3.63) is 71.3 Å². The van der Waals surface area contributed by atoms with Crippen LogP contribution in [0.2, 0.25) is 0 Å². The Bertz CT molecular complexity index is 1250. The minimum atomic E-state index is -0.818. The molecule has 33 heavy (non-hydrogen) atoms. The molecule has 0 aromatic heterocycles. The second kappa shape index (κ2) is 7.44. The van der Waals surface area contributed by atoms with Crippen LogP contribution in [0.15, 0.2) is 54.6 Å². The lowest BCUT2D eigenvalue weighted by Gasteiger charge is -2.57. The highest BCUT2D eigenvalue weighted by atomic mass is 16.5. The number of aromatic carboxylic acids is 1. The molecule has 1 N–H and O–H groups in total. The van der Waals surface area contributed by atoms with Crippen molar-refractivity contribution in [3.63, 3.8) is 0 Å². The van der Waals surface area contributed by atoms with Crippen LogP contribution < -0.4 is 0 Å². The third-order valence-electron chi connectivity index (χ3n) is 8.45. The van der Waals surface area contributed by atoms with Crippen molar-refractivity contribution in [3.8, 4) is 11.1 Å². The summed E-state index contributed by atoms with van der Waals surface area (Å²) in [5.74, 6) is 1.11. The number of carboxylic acids is 1. The second-order valence-corrected chi connectivity index (χ2v) is 10.5. The predicted molar refractivity (Wildman–Crippen MR) is 128 cm³/mol. The number of ether oxygens (including phenoxy) is 1. The lowest BCUT2D eigenvalue weighted by molar-refractivity contribution is -0.00580. The van der Waals surface area contributed by atoms with Crippen LogP contribution in [0.25, 0.3) is 21.9 Å². The van der Waals surface area contributed by atoms with Crippen LogP contribution in [-0.4, -0.2) is 24.2 Å². The van der Waals surface area contributed by atoms with E-state index in [1.54, 1.807) is 6.07 Å². The Kier molecular flexibility index (Phi) is 4.62. The van der Waals surface area contributed by atoms with E-state index in [1.165, 1.54) is 26.4 Å². The molecule has 0 aliphatic heterocycles. The molecule has 0 saturated heterocycles. The van der Waals surface area contributed by atoms with Crippen LogP contribution in [0.1, 0.15) is 64.8 Å². The Morgan fingerprint density at radius 2 is 1.39 bits per heavy atom. The molecule has 3 aromatic carbocycles. The Morgan fingerprint density at radius 3 is 2.03 bits per heavy atom. The number of methoxy groups -OCH3 is 1. The van der Waals surface area contributed by atoms with E-state index in [2.05, 4.69) is 18.2 Å². The van der Waals surface area contributed by atoms with Crippen LogP contribution >= 0.6 is 0 Å². The molecule has 0 radical (unpaired) electrons. The number of carboxylic acid groups (broad SMARTS) is 1. The monoisotopic (exact) mass is 440 g/mol. The number of carbonyl (C=O) groups excluding carboxylic acids is 1. The van der Waals surface area contributed by atoms with Gasteiger partial charge in [-0.25, -0.2) is 9.59 Å². The van der Waals surface area contributed by atoms with Gasteiger partial charge in [0, 0.05) is 0 Å². The van der Waals surface area contributed by atoms with Gasteiger partial charge in [0.2, 0.25) is 0 Å². The SMILES string of the molecule is COC(=O)c1ccc2cc(-c3ccc(C(=O)O)c(C45CC6CC(CC(C6)C4)C5)c3)ccc2c1. The van der Waals surface area contributed by atoms with Gasteiger partial charge in [-0.2, -0.15) is 0 Å². The summed E-state index contributed by atoms with van der Waals surface area (Å²) >= 11 is 0. The summed E-state index contributed by atoms with van der Waals surface area (Å²) in [6.07, 6.45) is 7.41. The first kappa shape index (κ1) is 20.5. The van der Waals surface area contributed by atoms with Crippen LogP contribution in [0.4, 0.5) is 0 Å². The summed E-state index contributed by atoms with van der Waals surface area (Å²) in [7, 11) is 1.39. The summed E-state index contributed by atoms with van der Waals surface area (Å²) in [6, 6.07) is 17.7. The maximum atomic E-state index is 12.2. The van der Waals surface area contributed by atoms with Crippen LogP contribution in [0.3, 0.4) is 0 Å². The molecule has 0 spiro atoms. The number of fused-ring (bicyclic) bond motifs is 1. The maximum Gasteiger partial charge on any atom is 0.337 e. The van der Waals surface area contributed by atoms with Gasteiger partial charge >= 0.3 is 11.9 Å². The third kappa shape index (κ3) is 3.35. The lowest BCUT2D eigenvalue weighted by Crippen LogP contribution is -2.49. The average molecular weight is 441 g/mol. The summed E-state index contributed by atoms with van der Waals surface area (Å²) in [5, 5.41) is 12.0. The summed E-state index contributed by atoms with van der Waals surface area (Å²) in [5.41, 5.74) is 4.20. The number of carbonyl (C=O) groups is 2. The maximum absolute atomic E-state index is 12.2. The Labute approximate surface area is 193 Å². The molecule has 4 bridgehead atoms. The quantitative estimate of drug-likeness (QED) is 0.473. The van der Waals surface area contributed by atoms with E-state index < -0.39 is 5.97 Å². The predicted octanol–water partition coefficient (Wildman–Crippen LogP) is 6.46. The molecule has 4 fully saturated rings. The molecule has 4 aliphatic rings. The number of rotatable bonds is 4. The van der Waals surface area contributed by atoms with Gasteiger partial charge in [0.1, 0.15) is 0 Å². The zero-order chi connectivity index (χ0) is 22.7. The highest BCUT2D eigenvalue weighted by Gasteiger charge is 2.52. The fraction of sp³-hybridized carbons (Fsp3) is 0.379. The molecular weight excluding hydrogens is 412 g/mol. The van der Waals surface area contributed by atoms with E-state index in [1.807, 2.05) is 30.3 Å². The van der Waals surface area contributed by atoms with Gasteiger partial charge < -0.3 is 9.84 Å². The van der Waals surface area contributed by atoms with Gasteiger partial charge in [-0.1, -0.05) is 24.3 Å². The molecular formula is C29H28O4.